The third kappa shape index (κ3) is 4.81. The smallest absolute Gasteiger partial charge is 0.319 e. The molecule has 4 rings (SSSR count). The minimum atomic E-state index is -0.676. The molecule has 3 amide bonds. The molecule has 2 fully saturated rings. The molecule has 1 saturated heterocycles. The highest BCUT2D eigenvalue weighted by Crippen LogP contribution is 2.42. The second-order valence-electron chi connectivity index (χ2n) is 8.18. The van der Waals surface area contributed by atoms with Crippen molar-refractivity contribution in [1.82, 2.24) is 15.2 Å². The number of hydrogen-bond donors (Lipinski definition) is 2. The van der Waals surface area contributed by atoms with E-state index < -0.39 is 5.60 Å². The Balaban J connectivity index is 1.49. The highest BCUT2D eigenvalue weighted by atomic mass is 35.5. The quantitative estimate of drug-likeness (QED) is 0.691. The topological polar surface area (TPSA) is 92.8 Å². The van der Waals surface area contributed by atoms with E-state index in [4.69, 9.17) is 21.1 Å². The zero-order chi connectivity index (χ0) is 22.7. The van der Waals surface area contributed by atoms with Crippen LogP contribution in [0.2, 0.25) is 5.02 Å². The number of carbonyl (C=O) groups is 2. The predicted molar refractivity (Wildman–Crippen MR) is 121 cm³/mol. The van der Waals surface area contributed by atoms with Crippen LogP contribution in [0.1, 0.15) is 30.9 Å². The van der Waals surface area contributed by atoms with Crippen molar-refractivity contribution < 1.29 is 19.1 Å². The van der Waals surface area contributed by atoms with Crippen molar-refractivity contribution in [3.05, 3.63) is 53.3 Å². The number of piperidine rings is 1. The number of nitrogens with one attached hydrogen (secondary N) is 2. The van der Waals surface area contributed by atoms with E-state index in [-0.39, 0.29) is 23.9 Å². The maximum absolute atomic E-state index is 13.0. The molecule has 2 heterocycles. The number of anilines is 1. The van der Waals surface area contributed by atoms with Crippen molar-refractivity contribution >= 4 is 29.2 Å². The number of methoxy groups -OCH3 is 2. The van der Waals surface area contributed by atoms with E-state index in [1.54, 1.807) is 44.7 Å². The molecule has 2 aromatic rings. The first-order valence-corrected chi connectivity index (χ1v) is 11.0. The summed E-state index contributed by atoms with van der Waals surface area (Å²) in [5.74, 6) is 0.503. The number of hydrogen-bond acceptors (Lipinski definition) is 5. The molecular formula is C23H27ClN4O4. The van der Waals surface area contributed by atoms with Crippen molar-refractivity contribution in [2.75, 3.05) is 32.6 Å². The third-order valence-corrected chi connectivity index (χ3v) is 6.43. The Morgan fingerprint density at radius 2 is 1.91 bits per heavy atom. The Bertz CT molecular complexity index is 963. The minimum Gasteiger partial charge on any atom is -0.495 e. The Morgan fingerprint density at radius 3 is 2.50 bits per heavy atom. The Labute approximate surface area is 192 Å². The van der Waals surface area contributed by atoms with Gasteiger partial charge in [0.1, 0.15) is 11.4 Å². The number of likely N-dealkylation sites (tertiary alicyclic amines) is 1. The third-order valence-electron chi connectivity index (χ3n) is 6.18. The number of aromatic nitrogens is 1. The van der Waals surface area contributed by atoms with Gasteiger partial charge in [0.2, 0.25) is 0 Å². The van der Waals surface area contributed by atoms with Crippen molar-refractivity contribution in [3.63, 3.8) is 0 Å². The lowest BCUT2D eigenvalue weighted by molar-refractivity contribution is -0.146. The number of ether oxygens (including phenoxy) is 2. The number of carbonyl (C=O) groups excluding carboxylic acids is 2. The summed E-state index contributed by atoms with van der Waals surface area (Å²) in [5.41, 5.74) is 0.765. The van der Waals surface area contributed by atoms with Gasteiger partial charge >= 0.3 is 6.03 Å². The lowest BCUT2D eigenvalue weighted by Gasteiger charge is -2.39. The molecular weight excluding hydrogens is 432 g/mol. The van der Waals surface area contributed by atoms with E-state index in [2.05, 4.69) is 15.6 Å². The molecule has 1 saturated carbocycles. The molecule has 1 aromatic carbocycles. The average Bonchev–Trinajstić information content (AvgIpc) is 3.62. The number of halogens is 1. The molecule has 0 bridgehead atoms. The second kappa shape index (κ2) is 9.34. The summed E-state index contributed by atoms with van der Waals surface area (Å²) in [6.07, 6.45) is 3.75. The van der Waals surface area contributed by atoms with Gasteiger partial charge in [0, 0.05) is 48.6 Å². The summed E-state index contributed by atoms with van der Waals surface area (Å²) >= 11 is 5.91. The Kier molecular flexibility index (Phi) is 6.53. The van der Waals surface area contributed by atoms with Gasteiger partial charge in [-0.3, -0.25) is 9.78 Å². The first-order chi connectivity index (χ1) is 15.4. The summed E-state index contributed by atoms with van der Waals surface area (Å²) in [6.45, 7) is 0.998. The van der Waals surface area contributed by atoms with Gasteiger partial charge in [0.05, 0.1) is 13.3 Å². The van der Waals surface area contributed by atoms with Crippen LogP contribution in [0, 0.1) is 0 Å². The standard InChI is InChI=1S/C23H27ClN4O4/c1-31-17-7-8-19(25-13-17)18-14-28(21(29)23(32-2)10-11-23)12-9-20(18)27-22(30)26-16-5-3-15(24)4-6-16/h3-8,13,18,20H,9-12,14H2,1-2H3,(H2,26,27,30)/t18-,20+/m0/s1. The zero-order valence-electron chi connectivity index (χ0n) is 18.1. The number of pyridine rings is 1. The largest absolute Gasteiger partial charge is 0.495 e. The summed E-state index contributed by atoms with van der Waals surface area (Å²) in [5, 5.41) is 6.50. The lowest BCUT2D eigenvalue weighted by Crippen LogP contribution is -2.54. The molecule has 0 unspecified atom stereocenters. The molecule has 170 valence electrons. The number of urea groups is 1. The van der Waals surface area contributed by atoms with Crippen LogP contribution >= 0.6 is 11.6 Å². The fourth-order valence-corrected chi connectivity index (χ4v) is 4.24. The molecule has 32 heavy (non-hydrogen) atoms. The average molecular weight is 459 g/mol. The fraction of sp³-hybridized carbons (Fsp3) is 0.435. The van der Waals surface area contributed by atoms with Crippen molar-refractivity contribution in [2.45, 2.75) is 36.8 Å². The zero-order valence-corrected chi connectivity index (χ0v) is 18.9. The molecule has 2 N–H and O–H groups in total. The highest BCUT2D eigenvalue weighted by Gasteiger charge is 2.53. The number of amides is 3. The maximum atomic E-state index is 13.0. The van der Waals surface area contributed by atoms with Gasteiger partial charge in [-0.25, -0.2) is 4.79 Å². The number of rotatable bonds is 6. The molecule has 0 radical (unpaired) electrons. The van der Waals surface area contributed by atoms with Crippen molar-refractivity contribution in [1.29, 1.82) is 0 Å². The molecule has 1 aromatic heterocycles. The summed E-state index contributed by atoms with van der Waals surface area (Å²) in [7, 11) is 3.17. The van der Waals surface area contributed by atoms with Crippen molar-refractivity contribution in [2.24, 2.45) is 0 Å². The highest BCUT2D eigenvalue weighted by molar-refractivity contribution is 6.30. The van der Waals surface area contributed by atoms with Gasteiger partial charge in [-0.1, -0.05) is 11.6 Å². The van der Waals surface area contributed by atoms with Crippen LogP contribution in [0.3, 0.4) is 0 Å². The van der Waals surface area contributed by atoms with E-state index in [0.717, 1.165) is 18.5 Å². The normalized spacial score (nSPS) is 21.5. The Morgan fingerprint density at radius 1 is 1.16 bits per heavy atom. The van der Waals surface area contributed by atoms with Crippen LogP contribution < -0.4 is 15.4 Å². The summed E-state index contributed by atoms with van der Waals surface area (Å²) in [6, 6.07) is 10.1. The summed E-state index contributed by atoms with van der Waals surface area (Å²) in [4.78, 5) is 32.1. The number of nitrogens with zero attached hydrogens (tertiary/aromatic N) is 2. The first-order valence-electron chi connectivity index (χ1n) is 10.6. The molecule has 1 aliphatic carbocycles. The van der Waals surface area contributed by atoms with E-state index >= 15 is 0 Å². The van der Waals surface area contributed by atoms with Gasteiger partial charge in [-0.05, 0) is 55.7 Å². The molecule has 8 nitrogen and oxygen atoms in total. The van der Waals surface area contributed by atoms with Crippen LogP contribution in [-0.2, 0) is 9.53 Å². The maximum Gasteiger partial charge on any atom is 0.319 e. The van der Waals surface area contributed by atoms with E-state index in [1.165, 1.54) is 0 Å². The SMILES string of the molecule is COc1ccc([C@@H]2CN(C(=O)C3(OC)CC3)CC[C@H]2NC(=O)Nc2ccc(Cl)cc2)nc1. The summed E-state index contributed by atoms with van der Waals surface area (Å²) < 4.78 is 10.7. The van der Waals surface area contributed by atoms with Crippen LogP contribution in [0.15, 0.2) is 42.6 Å². The van der Waals surface area contributed by atoms with Gasteiger partial charge in [0.15, 0.2) is 0 Å². The predicted octanol–water partition coefficient (Wildman–Crippen LogP) is 3.43. The van der Waals surface area contributed by atoms with Crippen molar-refractivity contribution in [3.8, 4) is 5.75 Å². The molecule has 0 spiro atoms. The first kappa shape index (κ1) is 22.4. The minimum absolute atomic E-state index is 0.0163. The fourth-order valence-electron chi connectivity index (χ4n) is 4.12. The van der Waals surface area contributed by atoms with E-state index in [1.807, 2.05) is 17.0 Å². The van der Waals surface area contributed by atoms with Crippen LogP contribution in [0.5, 0.6) is 5.75 Å². The van der Waals surface area contributed by atoms with Crippen LogP contribution in [0.25, 0.3) is 0 Å². The van der Waals surface area contributed by atoms with Crippen LogP contribution in [0.4, 0.5) is 10.5 Å². The van der Waals surface area contributed by atoms with Gasteiger partial charge in [-0.2, -0.15) is 0 Å². The van der Waals surface area contributed by atoms with Crippen LogP contribution in [-0.4, -0.2) is 60.8 Å². The van der Waals surface area contributed by atoms with E-state index in [0.29, 0.717) is 36.0 Å². The van der Waals surface area contributed by atoms with Gasteiger partial charge in [-0.15, -0.1) is 0 Å². The monoisotopic (exact) mass is 458 g/mol. The van der Waals surface area contributed by atoms with Gasteiger partial charge < -0.3 is 25.0 Å². The molecule has 2 atom stereocenters. The number of benzene rings is 1. The second-order valence-corrected chi connectivity index (χ2v) is 8.62. The molecule has 9 heteroatoms. The molecule has 2 aliphatic rings. The lowest BCUT2D eigenvalue weighted by atomic mass is 9.88. The van der Waals surface area contributed by atoms with E-state index in [9.17, 15) is 9.59 Å². The molecule has 1 aliphatic heterocycles. The van der Waals surface area contributed by atoms with Gasteiger partial charge in [0.25, 0.3) is 5.91 Å². The Hall–Kier alpha value is -2.84.